The van der Waals surface area contributed by atoms with Crippen LogP contribution in [0, 0.1) is 5.92 Å². The Bertz CT molecular complexity index is 630. The molecular weight excluding hydrogens is 362 g/mol. The summed E-state index contributed by atoms with van der Waals surface area (Å²) in [6.45, 7) is 5.78. The number of hydrogen-bond acceptors (Lipinski definition) is 6. The maximum absolute atomic E-state index is 12.4. The smallest absolute Gasteiger partial charge is 0.315 e. The Morgan fingerprint density at radius 1 is 1.18 bits per heavy atom. The van der Waals surface area contributed by atoms with Gasteiger partial charge in [0.25, 0.3) is 0 Å². The number of nitrogens with one attached hydrogen (secondary N) is 2. The summed E-state index contributed by atoms with van der Waals surface area (Å²) in [4.78, 5) is 14.8. The van der Waals surface area contributed by atoms with Gasteiger partial charge in [-0.2, -0.15) is 0 Å². The van der Waals surface area contributed by atoms with Crippen LogP contribution in [-0.4, -0.2) is 77.3 Å². The third-order valence-corrected chi connectivity index (χ3v) is 5.42. The average Bonchev–Trinajstić information content (AvgIpc) is 3.27. The fourth-order valence-corrected chi connectivity index (χ4v) is 3.81. The van der Waals surface area contributed by atoms with Crippen molar-refractivity contribution < 1.29 is 23.7 Å². The van der Waals surface area contributed by atoms with E-state index in [4.69, 9.17) is 18.9 Å². The second kappa shape index (κ2) is 10.5. The van der Waals surface area contributed by atoms with Crippen LogP contribution in [0.1, 0.15) is 12.0 Å². The first-order chi connectivity index (χ1) is 13.7. The molecule has 28 heavy (non-hydrogen) atoms. The SMILES string of the molecule is COc1ccc(OC)c(CNC(=O)NCC(C2CCOC2)N2CCOCC2)c1. The number of benzene rings is 1. The molecule has 2 aliphatic rings. The molecule has 0 spiro atoms. The molecule has 156 valence electrons. The lowest BCUT2D eigenvalue weighted by atomic mass is 9.97. The monoisotopic (exact) mass is 393 g/mol. The Kier molecular flexibility index (Phi) is 7.76. The van der Waals surface area contributed by atoms with Crippen LogP contribution in [0.25, 0.3) is 0 Å². The normalized spacial score (nSPS) is 21.1. The molecule has 1 aromatic rings. The van der Waals surface area contributed by atoms with Crippen molar-refractivity contribution in [3.63, 3.8) is 0 Å². The molecule has 2 saturated heterocycles. The van der Waals surface area contributed by atoms with Gasteiger partial charge in [0.2, 0.25) is 0 Å². The number of amides is 2. The Hall–Kier alpha value is -2.03. The van der Waals surface area contributed by atoms with Gasteiger partial charge in [0.05, 0.1) is 34.0 Å². The fraction of sp³-hybridized carbons (Fsp3) is 0.650. The lowest BCUT2D eigenvalue weighted by Crippen LogP contribution is -2.53. The van der Waals surface area contributed by atoms with Gasteiger partial charge in [0.1, 0.15) is 11.5 Å². The van der Waals surface area contributed by atoms with Crippen molar-refractivity contribution in [2.24, 2.45) is 5.92 Å². The molecule has 2 fully saturated rings. The van der Waals surface area contributed by atoms with E-state index in [0.717, 1.165) is 63.0 Å². The Morgan fingerprint density at radius 3 is 2.68 bits per heavy atom. The lowest BCUT2D eigenvalue weighted by molar-refractivity contribution is 0.00212. The zero-order valence-electron chi connectivity index (χ0n) is 16.7. The van der Waals surface area contributed by atoms with Gasteiger partial charge in [-0.1, -0.05) is 0 Å². The number of methoxy groups -OCH3 is 2. The van der Waals surface area contributed by atoms with E-state index in [9.17, 15) is 4.79 Å². The standard InChI is InChI=1S/C20H31N3O5/c1-25-17-3-4-19(26-2)16(11-17)12-21-20(24)22-13-18(15-5-8-28-14-15)23-6-9-27-10-7-23/h3-4,11,15,18H,5-10,12-14H2,1-2H3,(H2,21,22,24). The molecule has 2 N–H and O–H groups in total. The Balaban J connectivity index is 1.53. The van der Waals surface area contributed by atoms with Crippen LogP contribution < -0.4 is 20.1 Å². The van der Waals surface area contributed by atoms with Gasteiger partial charge in [0, 0.05) is 50.3 Å². The molecule has 2 heterocycles. The van der Waals surface area contributed by atoms with Crippen LogP contribution in [-0.2, 0) is 16.0 Å². The number of carbonyl (C=O) groups excluding carboxylic acids is 1. The van der Waals surface area contributed by atoms with Crippen molar-refractivity contribution in [2.45, 2.75) is 19.0 Å². The molecule has 0 aliphatic carbocycles. The lowest BCUT2D eigenvalue weighted by Gasteiger charge is -2.37. The minimum atomic E-state index is -0.193. The topological polar surface area (TPSA) is 81.3 Å². The number of urea groups is 1. The predicted octanol–water partition coefficient (Wildman–Crippen LogP) is 1.24. The van der Waals surface area contributed by atoms with E-state index in [1.54, 1.807) is 14.2 Å². The number of nitrogens with zero attached hydrogens (tertiary/aromatic N) is 1. The minimum absolute atomic E-state index is 0.193. The van der Waals surface area contributed by atoms with E-state index in [1.165, 1.54) is 0 Å². The summed E-state index contributed by atoms with van der Waals surface area (Å²) in [5.41, 5.74) is 0.867. The van der Waals surface area contributed by atoms with E-state index >= 15 is 0 Å². The number of hydrogen-bond donors (Lipinski definition) is 2. The first kappa shape index (κ1) is 20.7. The fourth-order valence-electron chi connectivity index (χ4n) is 3.81. The van der Waals surface area contributed by atoms with Gasteiger partial charge in [-0.15, -0.1) is 0 Å². The second-order valence-corrected chi connectivity index (χ2v) is 7.08. The number of carbonyl (C=O) groups is 1. The van der Waals surface area contributed by atoms with Gasteiger partial charge in [0.15, 0.2) is 0 Å². The van der Waals surface area contributed by atoms with E-state index in [2.05, 4.69) is 15.5 Å². The van der Waals surface area contributed by atoms with Gasteiger partial charge >= 0.3 is 6.03 Å². The van der Waals surface area contributed by atoms with Crippen LogP contribution in [0.5, 0.6) is 11.5 Å². The molecule has 2 aliphatic heterocycles. The highest BCUT2D eigenvalue weighted by atomic mass is 16.5. The molecule has 8 nitrogen and oxygen atoms in total. The van der Waals surface area contributed by atoms with Crippen molar-refractivity contribution in [2.75, 3.05) is 60.3 Å². The molecule has 3 rings (SSSR count). The van der Waals surface area contributed by atoms with Crippen molar-refractivity contribution in [3.8, 4) is 11.5 Å². The molecule has 2 atom stereocenters. The first-order valence-electron chi connectivity index (χ1n) is 9.83. The number of rotatable bonds is 8. The number of morpholine rings is 1. The third-order valence-electron chi connectivity index (χ3n) is 5.42. The van der Waals surface area contributed by atoms with Crippen molar-refractivity contribution in [1.82, 2.24) is 15.5 Å². The largest absolute Gasteiger partial charge is 0.497 e. The van der Waals surface area contributed by atoms with Crippen molar-refractivity contribution in [3.05, 3.63) is 23.8 Å². The maximum atomic E-state index is 12.4. The highest BCUT2D eigenvalue weighted by Crippen LogP contribution is 2.24. The molecule has 0 radical (unpaired) electrons. The minimum Gasteiger partial charge on any atom is -0.497 e. The van der Waals surface area contributed by atoms with Crippen molar-refractivity contribution in [1.29, 1.82) is 0 Å². The van der Waals surface area contributed by atoms with Crippen LogP contribution >= 0.6 is 0 Å². The highest BCUT2D eigenvalue weighted by molar-refractivity contribution is 5.74. The molecule has 1 aromatic carbocycles. The summed E-state index contributed by atoms with van der Waals surface area (Å²) in [6, 6.07) is 5.61. The summed E-state index contributed by atoms with van der Waals surface area (Å²) in [7, 11) is 3.23. The summed E-state index contributed by atoms with van der Waals surface area (Å²) < 4.78 is 21.7. The molecule has 8 heteroatoms. The highest BCUT2D eigenvalue weighted by Gasteiger charge is 2.31. The van der Waals surface area contributed by atoms with Crippen LogP contribution in [0.4, 0.5) is 4.79 Å². The molecule has 2 amide bonds. The zero-order valence-corrected chi connectivity index (χ0v) is 16.7. The maximum Gasteiger partial charge on any atom is 0.315 e. The Labute approximate surface area is 166 Å². The van der Waals surface area contributed by atoms with Gasteiger partial charge in [-0.05, 0) is 24.6 Å². The van der Waals surface area contributed by atoms with Crippen molar-refractivity contribution >= 4 is 6.03 Å². The first-order valence-corrected chi connectivity index (χ1v) is 9.83. The average molecular weight is 393 g/mol. The van der Waals surface area contributed by atoms with Crippen LogP contribution in [0.15, 0.2) is 18.2 Å². The third kappa shape index (κ3) is 5.50. The Morgan fingerprint density at radius 2 is 2.00 bits per heavy atom. The molecular formula is C20H31N3O5. The predicted molar refractivity (Wildman–Crippen MR) is 105 cm³/mol. The van der Waals surface area contributed by atoms with Crippen LogP contribution in [0.2, 0.25) is 0 Å². The number of ether oxygens (including phenoxy) is 4. The second-order valence-electron chi connectivity index (χ2n) is 7.08. The van der Waals surface area contributed by atoms with E-state index in [0.29, 0.717) is 19.0 Å². The zero-order chi connectivity index (χ0) is 19.8. The summed E-state index contributed by atoms with van der Waals surface area (Å²) in [6.07, 6.45) is 1.03. The molecule has 0 aromatic heterocycles. The molecule has 2 unspecified atom stereocenters. The van der Waals surface area contributed by atoms with Gasteiger partial charge < -0.3 is 29.6 Å². The van der Waals surface area contributed by atoms with E-state index < -0.39 is 0 Å². The molecule has 0 bridgehead atoms. The quantitative estimate of drug-likeness (QED) is 0.692. The van der Waals surface area contributed by atoms with Crippen LogP contribution in [0.3, 0.4) is 0 Å². The summed E-state index contributed by atoms with van der Waals surface area (Å²) >= 11 is 0. The molecule has 0 saturated carbocycles. The summed E-state index contributed by atoms with van der Waals surface area (Å²) in [5.74, 6) is 1.89. The van der Waals surface area contributed by atoms with Gasteiger partial charge in [-0.25, -0.2) is 4.79 Å². The summed E-state index contributed by atoms with van der Waals surface area (Å²) in [5, 5.41) is 5.95. The van der Waals surface area contributed by atoms with E-state index in [-0.39, 0.29) is 12.1 Å². The van der Waals surface area contributed by atoms with Gasteiger partial charge in [-0.3, -0.25) is 4.90 Å². The van der Waals surface area contributed by atoms with E-state index in [1.807, 2.05) is 18.2 Å².